The molecule has 174 valence electrons. The summed E-state index contributed by atoms with van der Waals surface area (Å²) >= 11 is 0. The number of carbonyl (C=O) groups is 4. The molecule has 0 fully saturated rings. The number of Topliss-reactive ketones (excluding diaryl/α,β-unsaturated/α-hetero) is 1. The molecule has 0 saturated carbocycles. The van der Waals surface area contributed by atoms with Crippen LogP contribution in [0.2, 0.25) is 0 Å². The summed E-state index contributed by atoms with van der Waals surface area (Å²) in [6.45, 7) is 5.09. The number of rotatable bonds is 4. The van der Waals surface area contributed by atoms with Gasteiger partial charge in [0.2, 0.25) is 11.8 Å². The fraction of sp³-hybridized carbons (Fsp3) is 0.417. The molecule has 1 spiro atoms. The number of methoxy groups -OCH3 is 1. The summed E-state index contributed by atoms with van der Waals surface area (Å²) < 4.78 is 15.8. The summed E-state index contributed by atoms with van der Waals surface area (Å²) in [5.41, 5.74) is 4.53. The van der Waals surface area contributed by atoms with Crippen LogP contribution in [-0.2, 0) is 38.8 Å². The zero-order chi connectivity index (χ0) is 24.1. The number of nitrogens with zero attached hydrogens (tertiary/aromatic N) is 1. The Balaban J connectivity index is 2.06. The molecular formula is C24H26N2O7. The van der Waals surface area contributed by atoms with E-state index in [1.54, 1.807) is 31.2 Å². The van der Waals surface area contributed by atoms with Crippen molar-refractivity contribution in [2.24, 2.45) is 11.1 Å². The van der Waals surface area contributed by atoms with Crippen LogP contribution in [-0.4, -0.2) is 43.9 Å². The van der Waals surface area contributed by atoms with Crippen LogP contribution < -0.4 is 10.6 Å². The first-order valence-electron chi connectivity index (χ1n) is 10.7. The van der Waals surface area contributed by atoms with Gasteiger partial charge in [-0.05, 0) is 18.4 Å². The first-order valence-corrected chi connectivity index (χ1v) is 10.7. The monoisotopic (exact) mass is 454 g/mol. The zero-order valence-electron chi connectivity index (χ0n) is 19.0. The van der Waals surface area contributed by atoms with E-state index in [2.05, 4.69) is 0 Å². The molecule has 1 amide bonds. The van der Waals surface area contributed by atoms with Gasteiger partial charge >= 0.3 is 11.9 Å². The van der Waals surface area contributed by atoms with Gasteiger partial charge in [0.25, 0.3) is 0 Å². The van der Waals surface area contributed by atoms with Crippen molar-refractivity contribution in [3.63, 3.8) is 0 Å². The second kappa shape index (κ2) is 7.75. The summed E-state index contributed by atoms with van der Waals surface area (Å²) in [5.74, 6) is -2.52. The quantitative estimate of drug-likeness (QED) is 0.684. The third-order valence-electron chi connectivity index (χ3n) is 6.22. The maximum Gasteiger partial charge on any atom is 0.341 e. The highest BCUT2D eigenvalue weighted by Gasteiger charge is 2.64. The van der Waals surface area contributed by atoms with E-state index < -0.39 is 35.2 Å². The van der Waals surface area contributed by atoms with Crippen LogP contribution in [0.3, 0.4) is 0 Å². The van der Waals surface area contributed by atoms with Crippen LogP contribution in [0.25, 0.3) is 0 Å². The average Bonchev–Trinajstić information content (AvgIpc) is 2.96. The fourth-order valence-electron chi connectivity index (χ4n) is 5.01. The van der Waals surface area contributed by atoms with Crippen molar-refractivity contribution in [1.29, 1.82) is 0 Å². The van der Waals surface area contributed by atoms with Gasteiger partial charge in [0.05, 0.1) is 19.3 Å². The fourth-order valence-corrected chi connectivity index (χ4v) is 5.01. The Labute approximate surface area is 191 Å². The van der Waals surface area contributed by atoms with Gasteiger partial charge in [-0.15, -0.1) is 0 Å². The lowest BCUT2D eigenvalue weighted by Gasteiger charge is -2.42. The molecule has 2 aliphatic heterocycles. The Hall–Kier alpha value is -3.62. The van der Waals surface area contributed by atoms with Gasteiger partial charge in [-0.3, -0.25) is 19.3 Å². The Morgan fingerprint density at radius 2 is 1.88 bits per heavy atom. The topological polar surface area (TPSA) is 125 Å². The number of nitrogens with two attached hydrogens (primary N) is 1. The van der Waals surface area contributed by atoms with Crippen LogP contribution in [0.15, 0.2) is 47.1 Å². The molecule has 0 saturated heterocycles. The molecule has 0 radical (unpaired) electrons. The second-order valence-electron chi connectivity index (χ2n) is 9.04. The van der Waals surface area contributed by atoms with Gasteiger partial charge in [-0.25, -0.2) is 4.79 Å². The minimum Gasteiger partial charge on any atom is -0.468 e. The maximum absolute atomic E-state index is 14.2. The molecule has 0 bridgehead atoms. The highest BCUT2D eigenvalue weighted by Crippen LogP contribution is 2.57. The average molecular weight is 454 g/mol. The predicted octanol–water partition coefficient (Wildman–Crippen LogP) is 1.85. The largest absolute Gasteiger partial charge is 0.468 e. The highest BCUT2D eigenvalue weighted by molar-refractivity contribution is 6.24. The molecule has 1 aromatic carbocycles. The number of hydrogen-bond donors (Lipinski definition) is 1. The molecule has 1 aliphatic carbocycles. The minimum absolute atomic E-state index is 0.0281. The molecule has 9 heteroatoms. The van der Waals surface area contributed by atoms with Crippen LogP contribution in [0, 0.1) is 5.41 Å². The van der Waals surface area contributed by atoms with Crippen molar-refractivity contribution < 1.29 is 33.4 Å². The highest BCUT2D eigenvalue weighted by atomic mass is 16.5. The van der Waals surface area contributed by atoms with Gasteiger partial charge in [0.1, 0.15) is 23.3 Å². The molecule has 0 aromatic heterocycles. The number of para-hydroxylation sites is 1. The van der Waals surface area contributed by atoms with Gasteiger partial charge in [0.15, 0.2) is 5.78 Å². The smallest absolute Gasteiger partial charge is 0.341 e. The summed E-state index contributed by atoms with van der Waals surface area (Å²) in [6.07, 6.45) is 0.498. The van der Waals surface area contributed by atoms with Gasteiger partial charge in [-0.1, -0.05) is 32.0 Å². The van der Waals surface area contributed by atoms with Crippen molar-refractivity contribution in [2.45, 2.75) is 39.0 Å². The molecule has 2 N–H and O–H groups in total. The van der Waals surface area contributed by atoms with E-state index in [4.69, 9.17) is 19.9 Å². The lowest BCUT2D eigenvalue weighted by Crippen LogP contribution is -2.53. The van der Waals surface area contributed by atoms with Crippen LogP contribution in [0.4, 0.5) is 5.69 Å². The van der Waals surface area contributed by atoms with Crippen molar-refractivity contribution in [3.05, 3.63) is 52.6 Å². The van der Waals surface area contributed by atoms with E-state index in [9.17, 15) is 19.2 Å². The molecule has 4 rings (SSSR count). The number of allylic oxidation sites excluding steroid dienone is 1. The van der Waals surface area contributed by atoms with Crippen LogP contribution in [0.1, 0.15) is 39.2 Å². The molecule has 1 atom stereocenters. The van der Waals surface area contributed by atoms with Crippen molar-refractivity contribution in [2.75, 3.05) is 25.2 Å². The van der Waals surface area contributed by atoms with Crippen molar-refractivity contribution >= 4 is 29.3 Å². The number of benzene rings is 1. The zero-order valence-corrected chi connectivity index (χ0v) is 19.0. The SMILES string of the molecule is CCOC(=O)C1=C(N)OC2=C(C(=O)CC(C)(C)C2)[C@]12C(=O)N(CC(=O)OC)c1ccccc12. The molecule has 33 heavy (non-hydrogen) atoms. The molecule has 2 heterocycles. The first kappa shape index (κ1) is 22.6. The third kappa shape index (κ3) is 3.21. The third-order valence-corrected chi connectivity index (χ3v) is 6.22. The Bertz CT molecular complexity index is 1150. The standard InChI is InChI=1S/C24H26N2O7/c1-5-32-21(29)19-20(25)33-16-11-23(2,3)10-15(27)18(16)24(19)13-8-6-7-9-14(13)26(22(24)30)12-17(28)31-4/h6-9H,5,10-12,25H2,1-4H3/t24-/m0/s1. The van der Waals surface area contributed by atoms with E-state index in [0.717, 1.165) is 0 Å². The Morgan fingerprint density at radius 1 is 1.18 bits per heavy atom. The molecule has 3 aliphatic rings. The Kier molecular flexibility index (Phi) is 5.30. The van der Waals surface area contributed by atoms with Gasteiger partial charge in [-0.2, -0.15) is 0 Å². The number of ketones is 1. The van der Waals surface area contributed by atoms with Crippen LogP contribution >= 0.6 is 0 Å². The molecular weight excluding hydrogens is 428 g/mol. The summed E-state index contributed by atoms with van der Waals surface area (Å²) in [6, 6.07) is 6.70. The van der Waals surface area contributed by atoms with Crippen LogP contribution in [0.5, 0.6) is 0 Å². The number of esters is 2. The van der Waals surface area contributed by atoms with E-state index in [-0.39, 0.29) is 41.6 Å². The van der Waals surface area contributed by atoms with Crippen molar-refractivity contribution in [1.82, 2.24) is 0 Å². The summed E-state index contributed by atoms with van der Waals surface area (Å²) in [4.78, 5) is 54.3. The van der Waals surface area contributed by atoms with Crippen molar-refractivity contribution in [3.8, 4) is 0 Å². The summed E-state index contributed by atoms with van der Waals surface area (Å²) in [7, 11) is 1.22. The lowest BCUT2D eigenvalue weighted by molar-refractivity contribution is -0.141. The normalized spacial score (nSPS) is 23.3. The number of anilines is 1. The lowest BCUT2D eigenvalue weighted by atomic mass is 9.62. The van der Waals surface area contributed by atoms with E-state index in [0.29, 0.717) is 17.7 Å². The van der Waals surface area contributed by atoms with E-state index in [1.165, 1.54) is 12.0 Å². The summed E-state index contributed by atoms with van der Waals surface area (Å²) in [5, 5.41) is 0. The predicted molar refractivity (Wildman–Crippen MR) is 116 cm³/mol. The number of amides is 1. The number of hydrogen-bond acceptors (Lipinski definition) is 8. The van der Waals surface area contributed by atoms with E-state index >= 15 is 0 Å². The number of carbonyl (C=O) groups excluding carboxylic acids is 4. The minimum atomic E-state index is -1.87. The van der Waals surface area contributed by atoms with E-state index in [1.807, 2.05) is 13.8 Å². The molecule has 9 nitrogen and oxygen atoms in total. The number of fused-ring (bicyclic) bond motifs is 3. The second-order valence-corrected chi connectivity index (χ2v) is 9.04. The molecule has 1 aromatic rings. The first-order chi connectivity index (χ1) is 15.6. The number of ether oxygens (including phenoxy) is 3. The van der Waals surface area contributed by atoms with Gasteiger partial charge < -0.3 is 19.9 Å². The Morgan fingerprint density at radius 3 is 2.55 bits per heavy atom. The van der Waals surface area contributed by atoms with Gasteiger partial charge in [0, 0.05) is 24.1 Å². The maximum atomic E-state index is 14.2. The molecule has 0 unspecified atom stereocenters.